The summed E-state index contributed by atoms with van der Waals surface area (Å²) in [5, 5.41) is 2.92. The van der Waals surface area contributed by atoms with Gasteiger partial charge in [-0.1, -0.05) is 30.3 Å². The van der Waals surface area contributed by atoms with E-state index in [-0.39, 0.29) is 12.5 Å². The smallest absolute Gasteiger partial charge is 0.410 e. The van der Waals surface area contributed by atoms with Crippen molar-refractivity contribution in [3.05, 3.63) is 66.0 Å². The Balaban J connectivity index is 1.42. The van der Waals surface area contributed by atoms with Gasteiger partial charge in [-0.15, -0.1) is 0 Å². The largest absolute Gasteiger partial charge is 0.445 e. The molecule has 2 amide bonds. The van der Waals surface area contributed by atoms with Crippen LogP contribution in [0.1, 0.15) is 17.5 Å². The summed E-state index contributed by atoms with van der Waals surface area (Å²) in [6.45, 7) is 1.01. The second-order valence-electron chi connectivity index (χ2n) is 6.40. The number of aromatic nitrogens is 1. The molecule has 1 aromatic heterocycles. The number of nitrogens with zero attached hydrogens (tertiary/aromatic N) is 3. The third kappa shape index (κ3) is 3.15. The van der Waals surface area contributed by atoms with Crippen LogP contribution in [0.2, 0.25) is 0 Å². The third-order valence-electron chi connectivity index (χ3n) is 4.53. The highest BCUT2D eigenvalue weighted by atomic mass is 16.6. The summed E-state index contributed by atoms with van der Waals surface area (Å²) in [5.41, 5.74) is 1.19. The number of aliphatic imine (C=N–C) groups is 1. The second kappa shape index (κ2) is 6.59. The molecule has 1 aromatic carbocycles. The van der Waals surface area contributed by atoms with E-state index in [1.807, 2.05) is 30.3 Å². The number of carbonyl (C=O) groups excluding carboxylic acids is 2. The van der Waals surface area contributed by atoms with Crippen LogP contribution in [0, 0.1) is 0 Å². The van der Waals surface area contributed by atoms with Gasteiger partial charge < -0.3 is 15.0 Å². The minimum absolute atomic E-state index is 0.222. The first-order chi connectivity index (χ1) is 12.7. The van der Waals surface area contributed by atoms with Crippen molar-refractivity contribution >= 4 is 17.7 Å². The van der Waals surface area contributed by atoms with Crippen molar-refractivity contribution < 1.29 is 14.3 Å². The Labute approximate surface area is 150 Å². The Hall–Kier alpha value is -3.22. The van der Waals surface area contributed by atoms with Gasteiger partial charge in [-0.3, -0.25) is 9.78 Å². The van der Waals surface area contributed by atoms with Crippen LogP contribution >= 0.6 is 0 Å². The van der Waals surface area contributed by atoms with E-state index in [9.17, 15) is 9.59 Å². The maximum absolute atomic E-state index is 12.3. The number of nitrogens with one attached hydrogen (secondary N) is 1. The van der Waals surface area contributed by atoms with Crippen LogP contribution in [0.5, 0.6) is 0 Å². The van der Waals surface area contributed by atoms with Crippen LogP contribution in [0.4, 0.5) is 4.79 Å². The number of ether oxygens (including phenoxy) is 1. The number of benzene rings is 1. The van der Waals surface area contributed by atoms with Gasteiger partial charge in [0.15, 0.2) is 5.66 Å². The standard InChI is InChI=1S/C19H18N4O3/c24-17-16(15-7-4-9-20-11-15)21-19(22-17)8-10-23(13-19)18(25)26-12-14-5-2-1-3-6-14/h1-7,9,11H,8,10,12-13H2,(H,22,24). The Morgan fingerprint density at radius 3 is 2.85 bits per heavy atom. The van der Waals surface area contributed by atoms with Gasteiger partial charge in [0.05, 0.1) is 6.54 Å². The summed E-state index contributed by atoms with van der Waals surface area (Å²) in [6, 6.07) is 13.1. The number of pyridine rings is 1. The molecule has 0 radical (unpaired) electrons. The minimum atomic E-state index is -0.770. The zero-order valence-electron chi connectivity index (χ0n) is 14.1. The molecular weight excluding hydrogens is 332 g/mol. The van der Waals surface area contributed by atoms with E-state index in [1.165, 1.54) is 0 Å². The number of hydrogen-bond donors (Lipinski definition) is 1. The van der Waals surface area contributed by atoms with Crippen LogP contribution in [-0.2, 0) is 16.1 Å². The van der Waals surface area contributed by atoms with Crippen LogP contribution in [-0.4, -0.2) is 46.3 Å². The molecule has 7 heteroatoms. The summed E-state index contributed by atoms with van der Waals surface area (Å²) < 4.78 is 5.37. The number of amides is 2. The molecule has 2 aliphatic rings. The van der Waals surface area contributed by atoms with E-state index in [4.69, 9.17) is 4.74 Å². The first-order valence-corrected chi connectivity index (χ1v) is 8.44. The molecule has 1 spiro atoms. The van der Waals surface area contributed by atoms with Crippen molar-refractivity contribution in [2.75, 3.05) is 13.1 Å². The zero-order chi connectivity index (χ0) is 18.0. The van der Waals surface area contributed by atoms with Crippen molar-refractivity contribution in [2.45, 2.75) is 18.7 Å². The summed E-state index contributed by atoms with van der Waals surface area (Å²) in [4.78, 5) is 34.8. The molecule has 0 bridgehead atoms. The Morgan fingerprint density at radius 2 is 2.08 bits per heavy atom. The monoisotopic (exact) mass is 350 g/mol. The highest BCUT2D eigenvalue weighted by Crippen LogP contribution is 2.28. The summed E-state index contributed by atoms with van der Waals surface area (Å²) in [7, 11) is 0. The molecule has 26 heavy (non-hydrogen) atoms. The van der Waals surface area contributed by atoms with E-state index in [1.54, 1.807) is 29.4 Å². The first-order valence-electron chi connectivity index (χ1n) is 8.44. The molecule has 0 aliphatic carbocycles. The Morgan fingerprint density at radius 1 is 1.23 bits per heavy atom. The Kier molecular flexibility index (Phi) is 4.12. The van der Waals surface area contributed by atoms with Crippen LogP contribution in [0.25, 0.3) is 0 Å². The van der Waals surface area contributed by atoms with Gasteiger partial charge in [-0.2, -0.15) is 0 Å². The average molecular weight is 350 g/mol. The van der Waals surface area contributed by atoms with Crippen molar-refractivity contribution in [3.8, 4) is 0 Å². The summed E-state index contributed by atoms with van der Waals surface area (Å²) in [6.07, 6.45) is 3.42. The molecule has 2 aliphatic heterocycles. The number of rotatable bonds is 3. The van der Waals surface area contributed by atoms with Gasteiger partial charge in [-0.05, 0) is 17.7 Å². The Bertz CT molecular complexity index is 854. The minimum Gasteiger partial charge on any atom is -0.445 e. The van der Waals surface area contributed by atoms with Crippen molar-refractivity contribution in [3.63, 3.8) is 0 Å². The highest BCUT2D eigenvalue weighted by molar-refractivity contribution is 6.46. The topological polar surface area (TPSA) is 83.9 Å². The molecule has 7 nitrogen and oxygen atoms in total. The molecule has 1 saturated heterocycles. The molecule has 2 aromatic rings. The third-order valence-corrected chi connectivity index (χ3v) is 4.53. The molecule has 132 valence electrons. The van der Waals surface area contributed by atoms with Crippen LogP contribution in [0.3, 0.4) is 0 Å². The lowest BCUT2D eigenvalue weighted by atomic mass is 10.1. The van der Waals surface area contributed by atoms with E-state index < -0.39 is 11.8 Å². The predicted octanol–water partition coefficient (Wildman–Crippen LogP) is 1.74. The van der Waals surface area contributed by atoms with Gasteiger partial charge in [0.1, 0.15) is 12.3 Å². The lowest BCUT2D eigenvalue weighted by Gasteiger charge is -2.21. The molecule has 0 saturated carbocycles. The number of hydrogen-bond acceptors (Lipinski definition) is 5. The highest BCUT2D eigenvalue weighted by Gasteiger charge is 2.46. The van der Waals surface area contributed by atoms with Crippen molar-refractivity contribution in [2.24, 2.45) is 4.99 Å². The fraction of sp³-hybridized carbons (Fsp3) is 0.263. The van der Waals surface area contributed by atoms with Crippen molar-refractivity contribution in [1.82, 2.24) is 15.2 Å². The van der Waals surface area contributed by atoms with Crippen LogP contribution in [0.15, 0.2) is 59.9 Å². The van der Waals surface area contributed by atoms with Gasteiger partial charge in [0.25, 0.3) is 5.91 Å². The lowest BCUT2D eigenvalue weighted by Crippen LogP contribution is -2.45. The van der Waals surface area contributed by atoms with Crippen LogP contribution < -0.4 is 5.32 Å². The second-order valence-corrected chi connectivity index (χ2v) is 6.40. The molecule has 1 fully saturated rings. The number of carbonyl (C=O) groups is 2. The molecule has 1 unspecified atom stereocenters. The molecule has 1 N–H and O–H groups in total. The molecule has 4 rings (SSSR count). The maximum atomic E-state index is 12.3. The zero-order valence-corrected chi connectivity index (χ0v) is 14.1. The summed E-state index contributed by atoms with van der Waals surface area (Å²) in [5.74, 6) is -0.238. The van der Waals surface area contributed by atoms with E-state index >= 15 is 0 Å². The lowest BCUT2D eigenvalue weighted by molar-refractivity contribution is -0.115. The first kappa shape index (κ1) is 16.3. The van der Waals surface area contributed by atoms with E-state index in [2.05, 4.69) is 15.3 Å². The molecular formula is C19H18N4O3. The van der Waals surface area contributed by atoms with Gasteiger partial charge >= 0.3 is 6.09 Å². The van der Waals surface area contributed by atoms with Gasteiger partial charge in [0.2, 0.25) is 0 Å². The van der Waals surface area contributed by atoms with E-state index in [0.717, 1.165) is 5.56 Å². The van der Waals surface area contributed by atoms with E-state index in [0.29, 0.717) is 30.8 Å². The fourth-order valence-electron chi connectivity index (χ4n) is 3.22. The fourth-order valence-corrected chi connectivity index (χ4v) is 3.22. The quantitative estimate of drug-likeness (QED) is 0.914. The number of likely N-dealkylation sites (tertiary alicyclic amines) is 1. The average Bonchev–Trinajstić information content (AvgIpc) is 3.24. The predicted molar refractivity (Wildman–Crippen MR) is 94.5 cm³/mol. The SMILES string of the molecule is O=C1NC2(CCN(C(=O)OCc3ccccc3)C2)N=C1c1cccnc1. The van der Waals surface area contributed by atoms with Gasteiger partial charge in [-0.25, -0.2) is 9.79 Å². The normalized spacial score (nSPS) is 21.6. The molecule has 3 heterocycles. The van der Waals surface area contributed by atoms with Crippen molar-refractivity contribution in [1.29, 1.82) is 0 Å². The maximum Gasteiger partial charge on any atom is 0.410 e. The summed E-state index contributed by atoms with van der Waals surface area (Å²) >= 11 is 0. The van der Waals surface area contributed by atoms with Gasteiger partial charge in [0, 0.05) is 30.9 Å². The molecule has 1 atom stereocenters.